The summed E-state index contributed by atoms with van der Waals surface area (Å²) in [6.45, 7) is 0. The largest absolute Gasteiger partial charge is 0.464 e. The van der Waals surface area contributed by atoms with Crippen molar-refractivity contribution in [2.24, 2.45) is 0 Å². The van der Waals surface area contributed by atoms with Crippen molar-refractivity contribution < 1.29 is 9.15 Å². The monoisotopic (exact) mass is 630 g/mol. The maximum atomic E-state index is 6.62. The van der Waals surface area contributed by atoms with Crippen molar-refractivity contribution in [2.75, 3.05) is 10.2 Å². The maximum Gasteiger partial charge on any atom is 0.196 e. The molecule has 0 amide bonds. The first kappa shape index (κ1) is 27.6. The van der Waals surface area contributed by atoms with Gasteiger partial charge >= 0.3 is 0 Å². The molecule has 0 radical (unpaired) electrons. The van der Waals surface area contributed by atoms with Gasteiger partial charge in [0.2, 0.25) is 0 Å². The summed E-state index contributed by atoms with van der Waals surface area (Å²) in [6, 6.07) is 59.7. The first-order valence-electron chi connectivity index (χ1n) is 16.6. The number of hydrogen-bond acceptors (Lipinski definition) is 4. The third kappa shape index (κ3) is 4.45. The predicted molar refractivity (Wildman–Crippen MR) is 202 cm³/mol. The molecule has 1 aliphatic rings. The van der Waals surface area contributed by atoms with Crippen LogP contribution in [0.5, 0.6) is 5.75 Å². The zero-order valence-electron chi connectivity index (χ0n) is 26.5. The van der Waals surface area contributed by atoms with Crippen molar-refractivity contribution >= 4 is 66.2 Å². The molecule has 0 aliphatic carbocycles. The molecule has 0 spiro atoms. The number of nitrogens with one attached hydrogen (secondary N) is 1. The molecule has 1 atom stereocenters. The molecule has 1 aromatic heterocycles. The number of rotatable bonds is 5. The van der Waals surface area contributed by atoms with E-state index in [2.05, 4.69) is 150 Å². The van der Waals surface area contributed by atoms with E-state index in [0.717, 1.165) is 88.7 Å². The molecule has 4 nitrogen and oxygen atoms in total. The van der Waals surface area contributed by atoms with Crippen molar-refractivity contribution in [3.8, 4) is 16.9 Å². The Morgan fingerprint density at radius 3 is 2.12 bits per heavy atom. The fourth-order valence-corrected chi connectivity index (χ4v) is 7.41. The first-order chi connectivity index (χ1) is 24.3. The number of nitrogens with zero attached hydrogens (tertiary/aromatic N) is 1. The fourth-order valence-electron chi connectivity index (χ4n) is 7.41. The van der Waals surface area contributed by atoms with Crippen LogP contribution in [0.3, 0.4) is 0 Å². The number of anilines is 4. The summed E-state index contributed by atoms with van der Waals surface area (Å²) < 4.78 is 13.1. The highest BCUT2D eigenvalue weighted by molar-refractivity contribution is 6.14. The van der Waals surface area contributed by atoms with Crippen LogP contribution < -0.4 is 15.0 Å². The minimum absolute atomic E-state index is 0.224. The second-order valence-corrected chi connectivity index (χ2v) is 12.5. The van der Waals surface area contributed by atoms with Gasteiger partial charge < -0.3 is 19.4 Å². The molecule has 4 heteroatoms. The van der Waals surface area contributed by atoms with Crippen molar-refractivity contribution in [1.82, 2.24) is 0 Å². The summed E-state index contributed by atoms with van der Waals surface area (Å²) in [5.74, 6) is 0.897. The van der Waals surface area contributed by atoms with E-state index in [9.17, 15) is 0 Å². The Hall–Kier alpha value is -6.52. The smallest absolute Gasteiger partial charge is 0.196 e. The van der Waals surface area contributed by atoms with Crippen molar-refractivity contribution in [2.45, 2.75) is 6.23 Å². The van der Waals surface area contributed by atoms with Crippen LogP contribution in [0.15, 0.2) is 174 Å². The Kier molecular flexibility index (Phi) is 6.21. The number of benzene rings is 8. The van der Waals surface area contributed by atoms with Crippen molar-refractivity contribution in [3.63, 3.8) is 0 Å². The zero-order chi connectivity index (χ0) is 32.3. The van der Waals surface area contributed by atoms with E-state index in [0.29, 0.717) is 0 Å². The highest BCUT2D eigenvalue weighted by Crippen LogP contribution is 2.48. The summed E-state index contributed by atoms with van der Waals surface area (Å²) in [6.07, 6.45) is -0.224. The van der Waals surface area contributed by atoms with Crippen LogP contribution in [-0.4, -0.2) is 0 Å². The fraction of sp³-hybridized carbons (Fsp3) is 0.0222. The molecular weight excluding hydrogens is 601 g/mol. The Morgan fingerprint density at radius 1 is 0.510 bits per heavy atom. The second kappa shape index (κ2) is 11.0. The molecule has 0 fully saturated rings. The van der Waals surface area contributed by atoms with Gasteiger partial charge in [-0.1, -0.05) is 127 Å². The van der Waals surface area contributed by atoms with Crippen molar-refractivity contribution in [3.05, 3.63) is 175 Å². The summed E-state index contributed by atoms with van der Waals surface area (Å²) in [5, 5.41) is 10.4. The van der Waals surface area contributed by atoms with Gasteiger partial charge in [0.05, 0.1) is 11.4 Å². The third-order valence-electron chi connectivity index (χ3n) is 9.67. The van der Waals surface area contributed by atoms with Crippen LogP contribution in [0.4, 0.5) is 22.7 Å². The van der Waals surface area contributed by atoms with E-state index in [4.69, 9.17) is 9.15 Å². The molecule has 10 rings (SSSR count). The molecule has 9 aromatic rings. The molecule has 232 valence electrons. The highest BCUT2D eigenvalue weighted by atomic mass is 16.5. The van der Waals surface area contributed by atoms with Crippen LogP contribution in [-0.2, 0) is 0 Å². The normalized spacial score (nSPS) is 13.8. The average Bonchev–Trinajstić information content (AvgIpc) is 3.78. The molecule has 1 unspecified atom stereocenters. The van der Waals surface area contributed by atoms with Crippen LogP contribution in [0.2, 0.25) is 0 Å². The molecule has 49 heavy (non-hydrogen) atoms. The molecular formula is C45H30N2O2. The lowest BCUT2D eigenvalue weighted by Crippen LogP contribution is -2.11. The van der Waals surface area contributed by atoms with Gasteiger partial charge in [-0.2, -0.15) is 0 Å². The number of hydrogen-bond donors (Lipinski definition) is 1. The Balaban J connectivity index is 1.14. The first-order valence-corrected chi connectivity index (χ1v) is 16.6. The summed E-state index contributed by atoms with van der Waals surface area (Å²) in [4.78, 5) is 2.35. The second-order valence-electron chi connectivity index (χ2n) is 12.5. The van der Waals surface area contributed by atoms with E-state index >= 15 is 0 Å². The molecule has 0 saturated heterocycles. The van der Waals surface area contributed by atoms with Gasteiger partial charge in [0.1, 0.15) is 11.2 Å². The number of fused-ring (bicyclic) bond motifs is 8. The van der Waals surface area contributed by atoms with Gasteiger partial charge in [-0.05, 0) is 58.6 Å². The molecule has 0 saturated carbocycles. The summed E-state index contributed by atoms with van der Waals surface area (Å²) in [7, 11) is 0. The molecule has 1 N–H and O–H groups in total. The molecule has 0 bridgehead atoms. The van der Waals surface area contributed by atoms with Crippen LogP contribution >= 0.6 is 0 Å². The summed E-state index contributed by atoms with van der Waals surface area (Å²) >= 11 is 0. The Bertz CT molecular complexity index is 2680. The lowest BCUT2D eigenvalue weighted by Gasteiger charge is -2.28. The molecule has 2 heterocycles. The van der Waals surface area contributed by atoms with E-state index < -0.39 is 0 Å². The Morgan fingerprint density at radius 2 is 1.22 bits per heavy atom. The van der Waals surface area contributed by atoms with Gasteiger partial charge in [0, 0.05) is 44.2 Å². The van der Waals surface area contributed by atoms with Gasteiger partial charge in [0.25, 0.3) is 0 Å². The minimum Gasteiger partial charge on any atom is -0.464 e. The van der Waals surface area contributed by atoms with Gasteiger partial charge in [-0.25, -0.2) is 0 Å². The lowest BCUT2D eigenvalue weighted by atomic mass is 9.98. The average molecular weight is 631 g/mol. The lowest BCUT2D eigenvalue weighted by molar-refractivity contribution is 0.263. The van der Waals surface area contributed by atoms with Crippen molar-refractivity contribution in [1.29, 1.82) is 0 Å². The third-order valence-corrected chi connectivity index (χ3v) is 9.67. The standard InChI is InChI=1S/C45H30N2O2/c1-3-12-30(13-4-1)45-46-39-27-24-29-22-23-31-28-33(25-26-34(31)42(29)44(39)49-45)47(32-14-5-2-6-15-32)40-20-9-7-16-35(40)37-18-11-19-38-36-17-8-10-21-41(36)48-43(37)38/h1-28,45-46H. The SMILES string of the molecule is c1ccc(C2Nc3ccc4ccc5cc(N(c6ccccc6)c6ccccc6-c6cccc7c6oc6ccccc67)ccc5c4c3O2)cc1. The topological polar surface area (TPSA) is 37.6 Å². The maximum absolute atomic E-state index is 6.62. The van der Waals surface area contributed by atoms with Gasteiger partial charge in [-0.15, -0.1) is 0 Å². The van der Waals surface area contributed by atoms with Gasteiger partial charge in [0.15, 0.2) is 12.0 Å². The highest BCUT2D eigenvalue weighted by Gasteiger charge is 2.26. The van der Waals surface area contributed by atoms with E-state index in [1.807, 2.05) is 30.3 Å². The number of furan rings is 1. The van der Waals surface area contributed by atoms with Crippen LogP contribution in [0, 0.1) is 0 Å². The summed E-state index contributed by atoms with van der Waals surface area (Å²) in [5.41, 5.74) is 9.27. The minimum atomic E-state index is -0.224. The van der Waals surface area contributed by atoms with E-state index in [-0.39, 0.29) is 6.23 Å². The molecule has 1 aliphatic heterocycles. The Labute approximate surface area is 283 Å². The van der Waals surface area contributed by atoms with E-state index in [1.54, 1.807) is 0 Å². The van der Waals surface area contributed by atoms with Crippen LogP contribution in [0.25, 0.3) is 54.6 Å². The van der Waals surface area contributed by atoms with Gasteiger partial charge in [-0.3, -0.25) is 0 Å². The number of ether oxygens (including phenoxy) is 1. The predicted octanol–water partition coefficient (Wildman–Crippen LogP) is 12.5. The number of para-hydroxylation sites is 4. The zero-order valence-corrected chi connectivity index (χ0v) is 26.5. The molecule has 8 aromatic carbocycles. The van der Waals surface area contributed by atoms with Crippen LogP contribution in [0.1, 0.15) is 11.8 Å². The quantitative estimate of drug-likeness (QED) is 0.192. The van der Waals surface area contributed by atoms with E-state index in [1.165, 1.54) is 0 Å².